The molecule has 2 aromatic heterocycles. The summed E-state index contributed by atoms with van der Waals surface area (Å²) in [7, 11) is 0. The van der Waals surface area contributed by atoms with Gasteiger partial charge in [0, 0.05) is 24.8 Å². The molecule has 1 saturated heterocycles. The largest absolute Gasteiger partial charge is 0.433 e. The number of anilines is 2. The summed E-state index contributed by atoms with van der Waals surface area (Å²) in [4.78, 5) is 13.5. The molecule has 0 aliphatic carbocycles. The van der Waals surface area contributed by atoms with Crippen molar-refractivity contribution in [2.45, 2.75) is 6.18 Å². The van der Waals surface area contributed by atoms with Gasteiger partial charge in [0.2, 0.25) is 5.95 Å². The van der Waals surface area contributed by atoms with Gasteiger partial charge < -0.3 is 15.4 Å². The van der Waals surface area contributed by atoms with Gasteiger partial charge in [-0.15, -0.1) is 0 Å². The Morgan fingerprint density at radius 3 is 2.48 bits per heavy atom. The van der Waals surface area contributed by atoms with Crippen LogP contribution in [0.2, 0.25) is 0 Å². The van der Waals surface area contributed by atoms with Crippen LogP contribution >= 0.6 is 0 Å². The van der Waals surface area contributed by atoms with E-state index in [4.69, 9.17) is 10.5 Å². The quantitative estimate of drug-likeness (QED) is 0.910. The SMILES string of the molecule is Nc1ccc(-c2cc(C(F)(F)F)nc(N3CCOCC3)n2)cn1. The number of nitrogens with zero attached hydrogens (tertiary/aromatic N) is 4. The van der Waals surface area contributed by atoms with Gasteiger partial charge in [-0.3, -0.25) is 0 Å². The first-order valence-electron chi connectivity index (χ1n) is 6.94. The highest BCUT2D eigenvalue weighted by Gasteiger charge is 2.34. The van der Waals surface area contributed by atoms with E-state index >= 15 is 0 Å². The van der Waals surface area contributed by atoms with E-state index in [1.807, 2.05) is 0 Å². The van der Waals surface area contributed by atoms with Crippen molar-refractivity contribution in [2.75, 3.05) is 36.9 Å². The minimum atomic E-state index is -4.56. The third-order valence-electron chi connectivity index (χ3n) is 3.38. The molecule has 2 N–H and O–H groups in total. The fourth-order valence-corrected chi connectivity index (χ4v) is 2.19. The molecule has 3 heterocycles. The first-order chi connectivity index (χ1) is 10.9. The molecular formula is C14H14F3N5O. The summed E-state index contributed by atoms with van der Waals surface area (Å²) in [5, 5.41) is 0. The Labute approximate surface area is 130 Å². The molecule has 122 valence electrons. The van der Waals surface area contributed by atoms with Gasteiger partial charge in [0.1, 0.15) is 5.82 Å². The molecule has 0 aromatic carbocycles. The Hall–Kier alpha value is -2.42. The average Bonchev–Trinajstić information content (AvgIpc) is 2.55. The summed E-state index contributed by atoms with van der Waals surface area (Å²) in [6, 6.07) is 4.00. The summed E-state index contributed by atoms with van der Waals surface area (Å²) in [5.41, 5.74) is 5.12. The monoisotopic (exact) mass is 325 g/mol. The molecule has 9 heteroatoms. The maximum atomic E-state index is 13.1. The standard InChI is InChI=1S/C14H14F3N5O/c15-14(16,17)11-7-10(9-1-2-12(18)19-8-9)20-13(21-11)22-3-5-23-6-4-22/h1-2,7-8H,3-6H2,(H2,18,19). The minimum absolute atomic E-state index is 0.0370. The predicted octanol–water partition coefficient (Wildman–Crippen LogP) is 1.98. The lowest BCUT2D eigenvalue weighted by Gasteiger charge is -2.27. The van der Waals surface area contributed by atoms with Crippen molar-refractivity contribution < 1.29 is 17.9 Å². The van der Waals surface area contributed by atoms with E-state index in [-0.39, 0.29) is 17.5 Å². The number of hydrogen-bond donors (Lipinski definition) is 1. The second-order valence-electron chi connectivity index (χ2n) is 5.01. The molecule has 6 nitrogen and oxygen atoms in total. The van der Waals surface area contributed by atoms with E-state index in [9.17, 15) is 13.2 Å². The number of rotatable bonds is 2. The van der Waals surface area contributed by atoms with Gasteiger partial charge in [0.15, 0.2) is 5.69 Å². The lowest BCUT2D eigenvalue weighted by atomic mass is 10.2. The molecular weight excluding hydrogens is 311 g/mol. The third kappa shape index (κ3) is 3.50. The first-order valence-corrected chi connectivity index (χ1v) is 6.94. The number of nitrogen functional groups attached to an aromatic ring is 1. The molecule has 0 unspecified atom stereocenters. The number of pyridine rings is 1. The molecule has 0 radical (unpaired) electrons. The van der Waals surface area contributed by atoms with Crippen molar-refractivity contribution in [3.05, 3.63) is 30.1 Å². The number of nitrogens with two attached hydrogens (primary N) is 1. The highest BCUT2D eigenvalue weighted by atomic mass is 19.4. The van der Waals surface area contributed by atoms with Crippen LogP contribution in [0.4, 0.5) is 24.9 Å². The van der Waals surface area contributed by atoms with Crippen LogP contribution in [0, 0.1) is 0 Å². The normalized spacial score (nSPS) is 15.7. The number of halogens is 3. The molecule has 0 amide bonds. The van der Waals surface area contributed by atoms with Gasteiger partial charge in [0.25, 0.3) is 0 Å². The van der Waals surface area contributed by atoms with Crippen molar-refractivity contribution >= 4 is 11.8 Å². The Balaban J connectivity index is 2.05. The van der Waals surface area contributed by atoms with Gasteiger partial charge in [-0.2, -0.15) is 13.2 Å². The predicted molar refractivity (Wildman–Crippen MR) is 77.7 cm³/mol. The third-order valence-corrected chi connectivity index (χ3v) is 3.38. The lowest BCUT2D eigenvalue weighted by molar-refractivity contribution is -0.141. The minimum Gasteiger partial charge on any atom is -0.384 e. The van der Waals surface area contributed by atoms with E-state index in [0.29, 0.717) is 31.9 Å². The molecule has 0 spiro atoms. The zero-order valence-electron chi connectivity index (χ0n) is 12.0. The maximum Gasteiger partial charge on any atom is 0.433 e. The highest BCUT2D eigenvalue weighted by Crippen LogP contribution is 2.31. The second kappa shape index (κ2) is 5.99. The van der Waals surface area contributed by atoms with Crippen LogP contribution in [-0.4, -0.2) is 41.3 Å². The van der Waals surface area contributed by atoms with Crippen LogP contribution in [0.25, 0.3) is 11.3 Å². The lowest BCUT2D eigenvalue weighted by Crippen LogP contribution is -2.37. The molecule has 23 heavy (non-hydrogen) atoms. The van der Waals surface area contributed by atoms with Crippen molar-refractivity contribution in [2.24, 2.45) is 0 Å². The number of morpholine rings is 1. The van der Waals surface area contributed by atoms with Crippen molar-refractivity contribution in [3.63, 3.8) is 0 Å². The smallest absolute Gasteiger partial charge is 0.384 e. The van der Waals surface area contributed by atoms with Crippen molar-refractivity contribution in [1.29, 1.82) is 0 Å². The van der Waals surface area contributed by atoms with Crippen molar-refractivity contribution in [3.8, 4) is 11.3 Å². The molecule has 2 aromatic rings. The number of hydrogen-bond acceptors (Lipinski definition) is 6. The number of aromatic nitrogens is 3. The van der Waals surface area contributed by atoms with Gasteiger partial charge in [-0.25, -0.2) is 15.0 Å². The molecule has 1 fully saturated rings. The topological polar surface area (TPSA) is 77.2 Å². The van der Waals surface area contributed by atoms with Gasteiger partial charge in [-0.05, 0) is 18.2 Å². The highest BCUT2D eigenvalue weighted by molar-refractivity contribution is 5.61. The first kappa shape index (κ1) is 15.5. The molecule has 0 saturated carbocycles. The van der Waals surface area contributed by atoms with Crippen LogP contribution in [0.1, 0.15) is 5.69 Å². The summed E-state index contributed by atoms with van der Waals surface area (Å²) in [5.74, 6) is 0.321. The van der Waals surface area contributed by atoms with E-state index in [0.717, 1.165) is 6.07 Å². The van der Waals surface area contributed by atoms with Gasteiger partial charge >= 0.3 is 6.18 Å². The number of ether oxygens (including phenoxy) is 1. The van der Waals surface area contributed by atoms with E-state index in [1.54, 1.807) is 11.0 Å². The Morgan fingerprint density at radius 1 is 1.13 bits per heavy atom. The van der Waals surface area contributed by atoms with Crippen LogP contribution in [0.15, 0.2) is 24.4 Å². The summed E-state index contributed by atoms with van der Waals surface area (Å²) < 4.78 is 44.6. The summed E-state index contributed by atoms with van der Waals surface area (Å²) in [6.45, 7) is 1.75. The molecule has 1 aliphatic heterocycles. The number of alkyl halides is 3. The van der Waals surface area contributed by atoms with Crippen LogP contribution in [0.3, 0.4) is 0 Å². The molecule has 1 aliphatic rings. The summed E-state index contributed by atoms with van der Waals surface area (Å²) >= 11 is 0. The zero-order chi connectivity index (χ0) is 16.4. The molecule has 0 atom stereocenters. The Kier molecular flexibility index (Phi) is 4.03. The molecule has 3 rings (SSSR count). The van der Waals surface area contributed by atoms with Crippen molar-refractivity contribution in [1.82, 2.24) is 15.0 Å². The van der Waals surface area contributed by atoms with Crippen LogP contribution < -0.4 is 10.6 Å². The van der Waals surface area contributed by atoms with E-state index in [1.165, 1.54) is 12.3 Å². The average molecular weight is 325 g/mol. The Bertz CT molecular complexity index is 684. The van der Waals surface area contributed by atoms with Crippen LogP contribution in [-0.2, 0) is 10.9 Å². The van der Waals surface area contributed by atoms with Gasteiger partial charge in [-0.1, -0.05) is 0 Å². The van der Waals surface area contributed by atoms with Crippen LogP contribution in [0.5, 0.6) is 0 Å². The summed E-state index contributed by atoms with van der Waals surface area (Å²) in [6.07, 6.45) is -3.17. The van der Waals surface area contributed by atoms with Gasteiger partial charge in [0.05, 0.1) is 18.9 Å². The fraction of sp³-hybridized carbons (Fsp3) is 0.357. The Morgan fingerprint density at radius 2 is 1.87 bits per heavy atom. The molecule has 0 bridgehead atoms. The fourth-order valence-electron chi connectivity index (χ4n) is 2.19. The maximum absolute atomic E-state index is 13.1. The second-order valence-corrected chi connectivity index (χ2v) is 5.01. The van der Waals surface area contributed by atoms with E-state index < -0.39 is 11.9 Å². The van der Waals surface area contributed by atoms with E-state index in [2.05, 4.69) is 15.0 Å². The zero-order valence-corrected chi connectivity index (χ0v) is 12.0.